The summed E-state index contributed by atoms with van der Waals surface area (Å²) in [4.78, 5) is 3.65. The highest BCUT2D eigenvalue weighted by Crippen LogP contribution is 2.18. The summed E-state index contributed by atoms with van der Waals surface area (Å²) in [6.45, 7) is 1.85. The summed E-state index contributed by atoms with van der Waals surface area (Å²) in [7, 11) is 2.09. The Kier molecular flexibility index (Phi) is 4.92. The molecule has 0 amide bonds. The van der Waals surface area contributed by atoms with Gasteiger partial charge in [-0.25, -0.2) is 4.39 Å². The molecular weight excluding hydrogens is 313 g/mol. The first-order valence-electron chi connectivity index (χ1n) is 5.80. The molecule has 0 saturated heterocycles. The van der Waals surface area contributed by atoms with Crippen molar-refractivity contribution in [2.24, 2.45) is 0 Å². The van der Waals surface area contributed by atoms with Gasteiger partial charge in [0.15, 0.2) is 0 Å². The Morgan fingerprint density at radius 3 is 2.83 bits per heavy atom. The van der Waals surface area contributed by atoms with Gasteiger partial charge in [-0.15, -0.1) is 11.3 Å². The summed E-state index contributed by atoms with van der Waals surface area (Å²) >= 11 is 5.01. The van der Waals surface area contributed by atoms with Gasteiger partial charge < -0.3 is 4.90 Å². The van der Waals surface area contributed by atoms with Crippen LogP contribution in [0.2, 0.25) is 0 Å². The second-order valence-corrected chi connectivity index (χ2v) is 6.20. The van der Waals surface area contributed by atoms with Crippen LogP contribution in [0.5, 0.6) is 0 Å². The molecule has 0 bridgehead atoms. The van der Waals surface area contributed by atoms with Gasteiger partial charge in [-0.05, 0) is 58.5 Å². The number of hydrogen-bond acceptors (Lipinski definition) is 2. The number of thiophene rings is 1. The summed E-state index contributed by atoms with van der Waals surface area (Å²) < 4.78 is 13.6. The van der Waals surface area contributed by atoms with E-state index >= 15 is 0 Å². The van der Waals surface area contributed by atoms with Crippen molar-refractivity contribution < 1.29 is 4.39 Å². The Morgan fingerprint density at radius 2 is 2.17 bits per heavy atom. The van der Waals surface area contributed by atoms with Gasteiger partial charge in [0.1, 0.15) is 5.82 Å². The average Bonchev–Trinajstić information content (AvgIpc) is 2.84. The fraction of sp³-hybridized carbons (Fsp3) is 0.286. The molecule has 0 N–H and O–H groups in total. The van der Waals surface area contributed by atoms with Crippen molar-refractivity contribution in [1.82, 2.24) is 4.90 Å². The van der Waals surface area contributed by atoms with E-state index in [9.17, 15) is 4.39 Å². The molecule has 0 unspecified atom stereocenters. The van der Waals surface area contributed by atoms with Crippen LogP contribution in [0.4, 0.5) is 4.39 Å². The number of halogens is 2. The fourth-order valence-electron chi connectivity index (χ4n) is 1.78. The molecule has 0 aliphatic carbocycles. The minimum absolute atomic E-state index is 0.208. The van der Waals surface area contributed by atoms with Crippen LogP contribution in [0.1, 0.15) is 10.4 Å². The molecule has 4 heteroatoms. The molecule has 1 aromatic carbocycles. The zero-order valence-corrected chi connectivity index (χ0v) is 12.6. The average molecular weight is 328 g/mol. The van der Waals surface area contributed by atoms with Crippen molar-refractivity contribution in [3.63, 3.8) is 0 Å². The number of nitrogens with zero attached hydrogens (tertiary/aromatic N) is 1. The number of likely N-dealkylation sites (N-methyl/N-ethyl adjacent to an activating group) is 1. The Bertz CT molecular complexity index is 499. The van der Waals surface area contributed by atoms with Gasteiger partial charge in [0, 0.05) is 18.0 Å². The molecule has 96 valence electrons. The number of benzene rings is 1. The third-order valence-corrected chi connectivity index (χ3v) is 4.30. The van der Waals surface area contributed by atoms with Crippen LogP contribution in [-0.4, -0.2) is 18.5 Å². The van der Waals surface area contributed by atoms with Crippen LogP contribution in [0.25, 0.3) is 0 Å². The van der Waals surface area contributed by atoms with Gasteiger partial charge in [0.25, 0.3) is 0 Å². The van der Waals surface area contributed by atoms with Gasteiger partial charge in [0.2, 0.25) is 0 Å². The van der Waals surface area contributed by atoms with Crippen LogP contribution in [0.3, 0.4) is 0 Å². The van der Waals surface area contributed by atoms with E-state index in [0.717, 1.165) is 25.1 Å². The Morgan fingerprint density at radius 1 is 1.33 bits per heavy atom. The molecule has 0 aliphatic rings. The summed E-state index contributed by atoms with van der Waals surface area (Å²) in [5.74, 6) is -0.208. The van der Waals surface area contributed by atoms with Crippen LogP contribution in [-0.2, 0) is 13.0 Å². The Labute approximate surface area is 119 Å². The van der Waals surface area contributed by atoms with Crippen LogP contribution >= 0.6 is 27.3 Å². The molecule has 0 radical (unpaired) electrons. The van der Waals surface area contributed by atoms with E-state index in [1.165, 1.54) is 10.9 Å². The molecule has 1 heterocycles. The predicted molar refractivity (Wildman–Crippen MR) is 78.5 cm³/mol. The minimum atomic E-state index is -0.208. The van der Waals surface area contributed by atoms with E-state index in [1.807, 2.05) is 12.1 Å². The van der Waals surface area contributed by atoms with Crippen molar-refractivity contribution >= 4 is 27.3 Å². The van der Waals surface area contributed by atoms with Crippen LogP contribution in [0, 0.1) is 5.82 Å². The molecular formula is C14H15BrFNS. The zero-order chi connectivity index (χ0) is 13.0. The van der Waals surface area contributed by atoms with E-state index in [4.69, 9.17) is 0 Å². The van der Waals surface area contributed by atoms with Crippen LogP contribution < -0.4 is 0 Å². The minimum Gasteiger partial charge on any atom is -0.302 e. The maximum absolute atomic E-state index is 13.1. The maximum Gasteiger partial charge on any atom is 0.137 e. The topological polar surface area (TPSA) is 3.24 Å². The molecule has 2 rings (SSSR count). The van der Waals surface area contributed by atoms with E-state index in [0.29, 0.717) is 4.47 Å². The summed E-state index contributed by atoms with van der Waals surface area (Å²) in [5.41, 5.74) is 1.12. The van der Waals surface area contributed by atoms with E-state index in [-0.39, 0.29) is 5.82 Å². The first kappa shape index (κ1) is 13.7. The van der Waals surface area contributed by atoms with Crippen molar-refractivity contribution in [1.29, 1.82) is 0 Å². The number of rotatable bonds is 5. The normalized spacial score (nSPS) is 11.1. The molecule has 0 saturated carbocycles. The lowest BCUT2D eigenvalue weighted by atomic mass is 10.2. The monoisotopic (exact) mass is 327 g/mol. The van der Waals surface area contributed by atoms with E-state index in [1.54, 1.807) is 11.3 Å². The highest BCUT2D eigenvalue weighted by molar-refractivity contribution is 9.10. The van der Waals surface area contributed by atoms with Gasteiger partial charge in [-0.1, -0.05) is 12.1 Å². The van der Waals surface area contributed by atoms with Crippen molar-refractivity contribution in [2.45, 2.75) is 13.0 Å². The molecule has 2 aromatic rings. The standard InChI is InChI=1S/C14H15BrFNS/c1-17(7-6-12-3-2-8-18-12)10-11-4-5-14(16)13(15)9-11/h2-5,8-9H,6-7,10H2,1H3. The van der Waals surface area contributed by atoms with E-state index < -0.39 is 0 Å². The molecule has 18 heavy (non-hydrogen) atoms. The van der Waals surface area contributed by atoms with Crippen molar-refractivity contribution in [3.05, 3.63) is 56.4 Å². The van der Waals surface area contributed by atoms with Gasteiger partial charge in [-0.3, -0.25) is 0 Å². The third kappa shape index (κ3) is 3.90. The summed E-state index contributed by atoms with van der Waals surface area (Å²) in [5, 5.41) is 2.10. The van der Waals surface area contributed by atoms with Gasteiger partial charge in [0.05, 0.1) is 4.47 Å². The fourth-order valence-corrected chi connectivity index (χ4v) is 2.91. The second-order valence-electron chi connectivity index (χ2n) is 4.32. The van der Waals surface area contributed by atoms with E-state index in [2.05, 4.69) is 45.4 Å². The predicted octanol–water partition coefficient (Wildman–Crippen LogP) is 4.32. The largest absolute Gasteiger partial charge is 0.302 e. The Hall–Kier alpha value is -0.710. The Balaban J connectivity index is 1.86. The maximum atomic E-state index is 13.1. The SMILES string of the molecule is CN(CCc1cccs1)Cc1ccc(F)c(Br)c1. The molecule has 1 aromatic heterocycles. The lowest BCUT2D eigenvalue weighted by molar-refractivity contribution is 0.332. The molecule has 0 aliphatic heterocycles. The van der Waals surface area contributed by atoms with Crippen LogP contribution in [0.15, 0.2) is 40.2 Å². The highest BCUT2D eigenvalue weighted by Gasteiger charge is 2.04. The highest BCUT2D eigenvalue weighted by atomic mass is 79.9. The summed E-state index contributed by atoms with van der Waals surface area (Å²) in [6.07, 6.45) is 1.07. The second kappa shape index (κ2) is 6.45. The number of hydrogen-bond donors (Lipinski definition) is 0. The quantitative estimate of drug-likeness (QED) is 0.790. The van der Waals surface area contributed by atoms with Gasteiger partial charge >= 0.3 is 0 Å². The zero-order valence-electron chi connectivity index (χ0n) is 10.2. The molecule has 0 atom stereocenters. The lowest BCUT2D eigenvalue weighted by Gasteiger charge is -2.16. The molecule has 0 fully saturated rings. The smallest absolute Gasteiger partial charge is 0.137 e. The van der Waals surface area contributed by atoms with Crippen molar-refractivity contribution in [2.75, 3.05) is 13.6 Å². The molecule has 1 nitrogen and oxygen atoms in total. The first-order valence-corrected chi connectivity index (χ1v) is 7.47. The van der Waals surface area contributed by atoms with Gasteiger partial charge in [-0.2, -0.15) is 0 Å². The first-order chi connectivity index (χ1) is 8.65. The third-order valence-electron chi connectivity index (χ3n) is 2.76. The molecule has 0 spiro atoms. The van der Waals surface area contributed by atoms with Crippen molar-refractivity contribution in [3.8, 4) is 0 Å². The lowest BCUT2D eigenvalue weighted by Crippen LogP contribution is -2.20. The summed E-state index contributed by atoms with van der Waals surface area (Å²) in [6, 6.07) is 9.43.